The van der Waals surface area contributed by atoms with Crippen LogP contribution in [0.3, 0.4) is 0 Å². The van der Waals surface area contributed by atoms with E-state index >= 15 is 0 Å². The van der Waals surface area contributed by atoms with Crippen molar-refractivity contribution in [2.45, 2.75) is 33.7 Å². The Morgan fingerprint density at radius 3 is 2.53 bits per heavy atom. The number of carbonyl (C=O) groups is 1. The van der Waals surface area contributed by atoms with Crippen molar-refractivity contribution in [3.05, 3.63) is 47.4 Å². The lowest BCUT2D eigenvalue weighted by Crippen LogP contribution is -2.46. The Morgan fingerprint density at radius 1 is 1.19 bits per heavy atom. The molecule has 0 radical (unpaired) electrons. The quantitative estimate of drug-likeness (QED) is 0.625. The monoisotopic (exact) mass is 435 g/mol. The van der Waals surface area contributed by atoms with E-state index in [1.807, 2.05) is 30.3 Å². The smallest absolute Gasteiger partial charge is 0.251 e. The molecule has 0 unspecified atom stereocenters. The fraction of sp³-hybridized carbons (Fsp3) is 0.500. The fourth-order valence-corrected chi connectivity index (χ4v) is 3.69. The molecular weight excluding hydrogens is 402 g/mol. The first kappa shape index (κ1) is 23.5. The van der Waals surface area contributed by atoms with Crippen LogP contribution in [-0.2, 0) is 6.54 Å². The molecule has 8 heteroatoms. The van der Waals surface area contributed by atoms with Gasteiger partial charge in [-0.25, -0.2) is 9.97 Å². The second-order valence-corrected chi connectivity index (χ2v) is 8.51. The van der Waals surface area contributed by atoms with Crippen molar-refractivity contribution in [2.75, 3.05) is 49.5 Å². The summed E-state index contributed by atoms with van der Waals surface area (Å²) in [5.41, 5.74) is 2.52. The van der Waals surface area contributed by atoms with Crippen molar-refractivity contribution >= 4 is 17.4 Å². The van der Waals surface area contributed by atoms with Crippen LogP contribution in [0, 0.1) is 17.2 Å². The number of carbonyl (C=O) groups excluding carboxylic acids is 1. The molecule has 2 aromatic rings. The summed E-state index contributed by atoms with van der Waals surface area (Å²) in [7, 11) is 0. The molecule has 1 aliphatic heterocycles. The van der Waals surface area contributed by atoms with E-state index in [1.54, 1.807) is 6.20 Å². The molecule has 170 valence electrons. The fourth-order valence-electron chi connectivity index (χ4n) is 3.69. The number of benzene rings is 1. The molecule has 1 aromatic heterocycles. The second kappa shape index (κ2) is 11.4. The van der Waals surface area contributed by atoms with Gasteiger partial charge in [0.1, 0.15) is 11.9 Å². The zero-order chi connectivity index (χ0) is 22.9. The van der Waals surface area contributed by atoms with E-state index in [0.717, 1.165) is 50.5 Å². The Bertz CT molecular complexity index is 928. The van der Waals surface area contributed by atoms with Crippen molar-refractivity contribution in [2.24, 2.45) is 5.92 Å². The summed E-state index contributed by atoms with van der Waals surface area (Å²) < 4.78 is 0. The predicted octanol–water partition coefficient (Wildman–Crippen LogP) is 2.88. The van der Waals surface area contributed by atoms with E-state index in [9.17, 15) is 4.79 Å². The lowest BCUT2D eigenvalue weighted by Gasteiger charge is -2.36. The van der Waals surface area contributed by atoms with Gasteiger partial charge in [-0.2, -0.15) is 5.26 Å². The van der Waals surface area contributed by atoms with Gasteiger partial charge in [-0.3, -0.25) is 9.69 Å². The number of nitrogens with zero attached hydrogens (tertiary/aromatic N) is 5. The van der Waals surface area contributed by atoms with E-state index in [0.29, 0.717) is 17.3 Å². The Balaban J connectivity index is 1.58. The molecule has 2 heterocycles. The standard InChI is InChI=1S/C24H33N7O/c1-4-9-30-10-12-31(13-11-30)21-7-5-19(6-8-21)24(32)28-17-20-16-26-22(14-25)29-23(20)27-15-18(2)3/h5-8,16,18H,4,9-13,15,17H2,1-3H3,(H,28,32)(H,26,27,29). The molecule has 3 rings (SSSR count). The molecule has 0 bridgehead atoms. The van der Waals surface area contributed by atoms with Gasteiger partial charge in [-0.05, 0) is 43.1 Å². The highest BCUT2D eigenvalue weighted by atomic mass is 16.1. The number of nitriles is 1. The lowest BCUT2D eigenvalue weighted by atomic mass is 10.1. The van der Waals surface area contributed by atoms with Crippen LogP contribution in [0.5, 0.6) is 0 Å². The summed E-state index contributed by atoms with van der Waals surface area (Å²) in [5, 5.41) is 15.3. The van der Waals surface area contributed by atoms with Gasteiger partial charge in [0.05, 0.1) is 0 Å². The number of hydrogen-bond acceptors (Lipinski definition) is 7. The first-order chi connectivity index (χ1) is 15.5. The number of aromatic nitrogens is 2. The van der Waals surface area contributed by atoms with Gasteiger partial charge in [0, 0.05) is 62.3 Å². The molecular formula is C24H33N7O. The maximum Gasteiger partial charge on any atom is 0.251 e. The highest BCUT2D eigenvalue weighted by Crippen LogP contribution is 2.18. The molecule has 1 aromatic carbocycles. The third-order valence-electron chi connectivity index (χ3n) is 5.49. The number of anilines is 2. The largest absolute Gasteiger partial charge is 0.369 e. The molecule has 1 saturated heterocycles. The predicted molar refractivity (Wildman–Crippen MR) is 127 cm³/mol. The lowest BCUT2D eigenvalue weighted by molar-refractivity contribution is 0.0951. The van der Waals surface area contributed by atoms with Crippen molar-refractivity contribution in [3.8, 4) is 6.07 Å². The second-order valence-electron chi connectivity index (χ2n) is 8.51. The summed E-state index contributed by atoms with van der Waals surface area (Å²) in [4.78, 5) is 25.8. The van der Waals surface area contributed by atoms with Crippen LogP contribution in [-0.4, -0.2) is 60.0 Å². The number of amides is 1. The van der Waals surface area contributed by atoms with Gasteiger partial charge < -0.3 is 15.5 Å². The zero-order valence-corrected chi connectivity index (χ0v) is 19.3. The van der Waals surface area contributed by atoms with Crippen LogP contribution in [0.2, 0.25) is 0 Å². The van der Waals surface area contributed by atoms with Crippen LogP contribution in [0.1, 0.15) is 48.9 Å². The molecule has 1 amide bonds. The van der Waals surface area contributed by atoms with Crippen LogP contribution in [0.4, 0.5) is 11.5 Å². The average molecular weight is 436 g/mol. The van der Waals surface area contributed by atoms with Crippen LogP contribution in [0.25, 0.3) is 0 Å². The van der Waals surface area contributed by atoms with Gasteiger partial charge >= 0.3 is 0 Å². The Hall–Kier alpha value is -3.18. The van der Waals surface area contributed by atoms with Crippen molar-refractivity contribution in [3.63, 3.8) is 0 Å². The zero-order valence-electron chi connectivity index (χ0n) is 19.3. The normalized spacial score (nSPS) is 14.3. The molecule has 0 atom stereocenters. The number of rotatable bonds is 9. The van der Waals surface area contributed by atoms with Crippen LogP contribution in [0.15, 0.2) is 30.5 Å². The van der Waals surface area contributed by atoms with Crippen molar-refractivity contribution < 1.29 is 4.79 Å². The Morgan fingerprint density at radius 2 is 1.91 bits per heavy atom. The van der Waals surface area contributed by atoms with Crippen molar-refractivity contribution in [1.82, 2.24) is 20.2 Å². The molecule has 0 aliphatic carbocycles. The maximum atomic E-state index is 12.7. The average Bonchev–Trinajstić information content (AvgIpc) is 2.82. The molecule has 0 saturated carbocycles. The number of hydrogen-bond donors (Lipinski definition) is 2. The Kier molecular flexibility index (Phi) is 8.40. The Labute approximate surface area is 190 Å². The summed E-state index contributed by atoms with van der Waals surface area (Å²) >= 11 is 0. The summed E-state index contributed by atoms with van der Waals surface area (Å²) in [6.07, 6.45) is 2.78. The summed E-state index contributed by atoms with van der Waals surface area (Å²) in [6, 6.07) is 9.74. The van der Waals surface area contributed by atoms with Gasteiger partial charge in [-0.1, -0.05) is 20.8 Å². The molecule has 0 spiro atoms. The number of nitrogens with one attached hydrogen (secondary N) is 2. The summed E-state index contributed by atoms with van der Waals surface area (Å²) in [6.45, 7) is 12.7. The SMILES string of the molecule is CCCN1CCN(c2ccc(C(=O)NCc3cnc(C#N)nc3NCC(C)C)cc2)CC1. The minimum atomic E-state index is -0.150. The topological polar surface area (TPSA) is 97.2 Å². The molecule has 32 heavy (non-hydrogen) atoms. The third-order valence-corrected chi connectivity index (χ3v) is 5.49. The van der Waals surface area contributed by atoms with E-state index in [4.69, 9.17) is 5.26 Å². The van der Waals surface area contributed by atoms with E-state index < -0.39 is 0 Å². The highest BCUT2D eigenvalue weighted by Gasteiger charge is 2.17. The highest BCUT2D eigenvalue weighted by molar-refractivity contribution is 5.94. The van der Waals surface area contributed by atoms with Crippen LogP contribution >= 0.6 is 0 Å². The molecule has 1 fully saturated rings. The van der Waals surface area contributed by atoms with E-state index in [1.165, 1.54) is 6.42 Å². The van der Waals surface area contributed by atoms with Gasteiger partial charge in [0.15, 0.2) is 0 Å². The van der Waals surface area contributed by atoms with Gasteiger partial charge in [0.2, 0.25) is 5.82 Å². The minimum Gasteiger partial charge on any atom is -0.369 e. The summed E-state index contributed by atoms with van der Waals surface area (Å²) in [5.74, 6) is 0.968. The minimum absolute atomic E-state index is 0.109. The molecule has 8 nitrogen and oxygen atoms in total. The van der Waals surface area contributed by atoms with Gasteiger partial charge in [0.25, 0.3) is 5.91 Å². The van der Waals surface area contributed by atoms with Gasteiger partial charge in [-0.15, -0.1) is 0 Å². The van der Waals surface area contributed by atoms with E-state index in [2.05, 4.69) is 51.2 Å². The maximum absolute atomic E-state index is 12.7. The first-order valence-corrected chi connectivity index (χ1v) is 11.4. The van der Waals surface area contributed by atoms with E-state index in [-0.39, 0.29) is 18.3 Å². The molecule has 1 aliphatic rings. The first-order valence-electron chi connectivity index (χ1n) is 11.4. The van der Waals surface area contributed by atoms with Crippen LogP contribution < -0.4 is 15.5 Å². The third kappa shape index (κ3) is 6.41. The number of piperazine rings is 1. The molecule has 2 N–H and O–H groups in total. The van der Waals surface area contributed by atoms with Crippen molar-refractivity contribution in [1.29, 1.82) is 5.26 Å².